The average Bonchev–Trinajstić information content (AvgIpc) is 2.66. The summed E-state index contributed by atoms with van der Waals surface area (Å²) in [7, 11) is 0. The fourth-order valence-corrected chi connectivity index (χ4v) is 1.90. The number of nitrogens with two attached hydrogens (primary N) is 1. The van der Waals surface area contributed by atoms with Gasteiger partial charge in [0.25, 0.3) is 0 Å². The lowest BCUT2D eigenvalue weighted by atomic mass is 10.1. The first-order valence-corrected chi connectivity index (χ1v) is 4.99. The van der Waals surface area contributed by atoms with Crippen LogP contribution >= 0.6 is 0 Å². The molecule has 0 saturated carbocycles. The van der Waals surface area contributed by atoms with E-state index in [0.717, 1.165) is 27.5 Å². The van der Waals surface area contributed by atoms with Crippen molar-refractivity contribution in [1.82, 2.24) is 0 Å². The third-order valence-electron chi connectivity index (χ3n) is 2.68. The van der Waals surface area contributed by atoms with Crippen LogP contribution in [0.25, 0.3) is 21.9 Å². The van der Waals surface area contributed by atoms with Gasteiger partial charge in [0.2, 0.25) is 0 Å². The number of rotatable bonds is 1. The van der Waals surface area contributed by atoms with E-state index in [1.807, 2.05) is 30.3 Å². The second-order valence-electron chi connectivity index (χ2n) is 3.63. The molecule has 0 bridgehead atoms. The van der Waals surface area contributed by atoms with Crippen LogP contribution in [-0.2, 0) is 6.54 Å². The van der Waals surface area contributed by atoms with Gasteiger partial charge in [-0.2, -0.15) is 0 Å². The summed E-state index contributed by atoms with van der Waals surface area (Å²) in [4.78, 5) is 0. The van der Waals surface area contributed by atoms with Gasteiger partial charge in [-0.05, 0) is 17.7 Å². The molecule has 1 heterocycles. The first kappa shape index (κ1) is 8.50. The maximum atomic E-state index is 5.74. The van der Waals surface area contributed by atoms with Crippen molar-refractivity contribution in [3.8, 4) is 0 Å². The van der Waals surface area contributed by atoms with E-state index >= 15 is 0 Å². The van der Waals surface area contributed by atoms with Gasteiger partial charge >= 0.3 is 0 Å². The Hall–Kier alpha value is -1.80. The minimum absolute atomic E-state index is 0.549. The number of para-hydroxylation sites is 1. The molecule has 3 aromatic rings. The topological polar surface area (TPSA) is 39.2 Å². The van der Waals surface area contributed by atoms with Crippen LogP contribution in [0.4, 0.5) is 0 Å². The highest BCUT2D eigenvalue weighted by atomic mass is 16.3. The molecule has 2 N–H and O–H groups in total. The van der Waals surface area contributed by atoms with Gasteiger partial charge in [0.05, 0.1) is 0 Å². The van der Waals surface area contributed by atoms with E-state index in [9.17, 15) is 0 Å². The van der Waals surface area contributed by atoms with Gasteiger partial charge in [-0.15, -0.1) is 0 Å². The number of fused-ring (bicyclic) bond motifs is 3. The predicted octanol–water partition coefficient (Wildman–Crippen LogP) is 3.04. The zero-order valence-corrected chi connectivity index (χ0v) is 8.23. The molecule has 15 heavy (non-hydrogen) atoms. The predicted molar refractivity (Wildman–Crippen MR) is 61.6 cm³/mol. The molecule has 0 amide bonds. The molecule has 0 saturated heterocycles. The van der Waals surface area contributed by atoms with Crippen LogP contribution in [0, 0.1) is 0 Å². The molecule has 74 valence electrons. The second kappa shape index (κ2) is 3.11. The highest BCUT2D eigenvalue weighted by Crippen LogP contribution is 2.28. The Kier molecular flexibility index (Phi) is 1.76. The van der Waals surface area contributed by atoms with E-state index < -0.39 is 0 Å². The first-order chi connectivity index (χ1) is 7.38. The van der Waals surface area contributed by atoms with E-state index in [1.165, 1.54) is 0 Å². The lowest BCUT2D eigenvalue weighted by Crippen LogP contribution is -1.94. The Morgan fingerprint density at radius 1 is 0.933 bits per heavy atom. The minimum atomic E-state index is 0.549. The van der Waals surface area contributed by atoms with Gasteiger partial charge in [-0.25, -0.2) is 0 Å². The van der Waals surface area contributed by atoms with E-state index in [0.29, 0.717) is 6.54 Å². The molecule has 3 rings (SSSR count). The summed E-state index contributed by atoms with van der Waals surface area (Å²) < 4.78 is 5.74. The van der Waals surface area contributed by atoms with Crippen LogP contribution in [0.2, 0.25) is 0 Å². The Morgan fingerprint density at radius 2 is 1.73 bits per heavy atom. The molecule has 0 radical (unpaired) electrons. The Labute approximate surface area is 87.3 Å². The molecule has 0 aliphatic heterocycles. The van der Waals surface area contributed by atoms with Crippen molar-refractivity contribution in [3.05, 3.63) is 48.0 Å². The molecule has 0 aliphatic carbocycles. The molecule has 0 atom stereocenters. The smallest absolute Gasteiger partial charge is 0.135 e. The molecule has 2 heteroatoms. The van der Waals surface area contributed by atoms with E-state index in [-0.39, 0.29) is 0 Å². The van der Waals surface area contributed by atoms with E-state index in [4.69, 9.17) is 10.2 Å². The molecular formula is C13H11NO. The molecule has 0 fully saturated rings. The number of hydrogen-bond donors (Lipinski definition) is 1. The van der Waals surface area contributed by atoms with Crippen LogP contribution < -0.4 is 5.73 Å². The second-order valence-corrected chi connectivity index (χ2v) is 3.63. The highest BCUT2D eigenvalue weighted by molar-refractivity contribution is 6.04. The van der Waals surface area contributed by atoms with Crippen LogP contribution in [-0.4, -0.2) is 0 Å². The highest BCUT2D eigenvalue weighted by Gasteiger charge is 2.05. The number of hydrogen-bond acceptors (Lipinski definition) is 2. The minimum Gasteiger partial charge on any atom is -0.456 e. The summed E-state index contributed by atoms with van der Waals surface area (Å²) in [6.07, 6.45) is 0. The van der Waals surface area contributed by atoms with Crippen molar-refractivity contribution in [1.29, 1.82) is 0 Å². The van der Waals surface area contributed by atoms with Gasteiger partial charge in [-0.3, -0.25) is 0 Å². The molecule has 0 unspecified atom stereocenters. The third-order valence-corrected chi connectivity index (χ3v) is 2.68. The molecule has 1 aromatic heterocycles. The standard InChI is InChI=1S/C13H11NO/c14-8-9-5-6-11-10-3-1-2-4-12(10)15-13(11)7-9/h1-7H,8,14H2. The van der Waals surface area contributed by atoms with Gasteiger partial charge in [0.15, 0.2) is 0 Å². The molecule has 0 spiro atoms. The van der Waals surface area contributed by atoms with Crippen molar-refractivity contribution in [2.75, 3.05) is 0 Å². The zero-order valence-electron chi connectivity index (χ0n) is 8.23. The van der Waals surface area contributed by atoms with Crippen LogP contribution in [0.15, 0.2) is 46.9 Å². The van der Waals surface area contributed by atoms with Crippen molar-refractivity contribution < 1.29 is 4.42 Å². The summed E-state index contributed by atoms with van der Waals surface area (Å²) in [6, 6.07) is 14.2. The third kappa shape index (κ3) is 1.22. The van der Waals surface area contributed by atoms with E-state index in [2.05, 4.69) is 12.1 Å². The van der Waals surface area contributed by atoms with Crippen molar-refractivity contribution >= 4 is 21.9 Å². The maximum absolute atomic E-state index is 5.74. The van der Waals surface area contributed by atoms with Crippen LogP contribution in [0.5, 0.6) is 0 Å². The molecule has 0 aliphatic rings. The molecule has 2 nitrogen and oxygen atoms in total. The van der Waals surface area contributed by atoms with Crippen molar-refractivity contribution in [2.45, 2.75) is 6.54 Å². The normalized spacial score (nSPS) is 11.3. The number of furan rings is 1. The maximum Gasteiger partial charge on any atom is 0.135 e. The number of benzene rings is 2. The van der Waals surface area contributed by atoms with Crippen molar-refractivity contribution in [2.24, 2.45) is 5.73 Å². The van der Waals surface area contributed by atoms with Crippen LogP contribution in [0.3, 0.4) is 0 Å². The van der Waals surface area contributed by atoms with Gasteiger partial charge in [0, 0.05) is 17.3 Å². The Balaban J connectivity index is 2.43. The fraction of sp³-hybridized carbons (Fsp3) is 0.0769. The van der Waals surface area contributed by atoms with Crippen LogP contribution in [0.1, 0.15) is 5.56 Å². The Morgan fingerprint density at radius 3 is 2.60 bits per heavy atom. The summed E-state index contributed by atoms with van der Waals surface area (Å²) in [5.74, 6) is 0. The first-order valence-electron chi connectivity index (χ1n) is 4.99. The summed E-state index contributed by atoms with van der Waals surface area (Å²) in [5.41, 5.74) is 8.54. The Bertz CT molecular complexity index is 625. The SMILES string of the molecule is NCc1ccc2c(c1)oc1ccccc12. The van der Waals surface area contributed by atoms with Gasteiger partial charge < -0.3 is 10.2 Å². The fourth-order valence-electron chi connectivity index (χ4n) is 1.90. The zero-order chi connectivity index (χ0) is 10.3. The van der Waals surface area contributed by atoms with Gasteiger partial charge in [-0.1, -0.05) is 30.3 Å². The summed E-state index contributed by atoms with van der Waals surface area (Å²) >= 11 is 0. The largest absolute Gasteiger partial charge is 0.456 e. The average molecular weight is 197 g/mol. The molecular weight excluding hydrogens is 186 g/mol. The lowest BCUT2D eigenvalue weighted by Gasteiger charge is -1.94. The molecule has 2 aromatic carbocycles. The van der Waals surface area contributed by atoms with Crippen molar-refractivity contribution in [3.63, 3.8) is 0 Å². The monoisotopic (exact) mass is 197 g/mol. The van der Waals surface area contributed by atoms with Gasteiger partial charge in [0.1, 0.15) is 11.2 Å². The lowest BCUT2D eigenvalue weighted by molar-refractivity contribution is 0.668. The summed E-state index contributed by atoms with van der Waals surface area (Å²) in [6.45, 7) is 0.549. The summed E-state index contributed by atoms with van der Waals surface area (Å²) in [5, 5.41) is 2.32. The quantitative estimate of drug-likeness (QED) is 0.651. The van der Waals surface area contributed by atoms with E-state index in [1.54, 1.807) is 0 Å².